The van der Waals surface area contributed by atoms with Crippen molar-refractivity contribution in [2.24, 2.45) is 0 Å². The fourth-order valence-electron chi connectivity index (χ4n) is 5.25. The van der Waals surface area contributed by atoms with Crippen molar-refractivity contribution in [2.75, 3.05) is 26.8 Å². The normalized spacial score (nSPS) is 25.3. The highest BCUT2D eigenvalue weighted by Gasteiger charge is 2.59. The van der Waals surface area contributed by atoms with Gasteiger partial charge in [0.05, 0.1) is 37.6 Å². The Labute approximate surface area is 247 Å². The summed E-state index contributed by atoms with van der Waals surface area (Å²) in [5.41, 5.74) is -0.395. The lowest BCUT2D eigenvalue weighted by Crippen LogP contribution is -2.49. The summed E-state index contributed by atoms with van der Waals surface area (Å²) >= 11 is 0. The molecule has 3 N–H and O–H groups in total. The maximum Gasteiger partial charge on any atom is 0.339 e. The van der Waals surface area contributed by atoms with Gasteiger partial charge in [0.25, 0.3) is 11.8 Å². The third kappa shape index (κ3) is 5.90. The van der Waals surface area contributed by atoms with E-state index in [4.69, 9.17) is 18.9 Å². The van der Waals surface area contributed by atoms with Crippen molar-refractivity contribution >= 4 is 40.3 Å². The lowest BCUT2D eigenvalue weighted by Gasteiger charge is -2.25. The molecule has 0 unspecified atom stereocenters. The Morgan fingerprint density at radius 3 is 2.51 bits per heavy atom. The highest BCUT2D eigenvalue weighted by Crippen LogP contribution is 2.42. The van der Waals surface area contributed by atoms with Crippen molar-refractivity contribution in [3.8, 4) is 5.75 Å². The molecule has 0 aromatic heterocycles. The van der Waals surface area contributed by atoms with E-state index in [0.29, 0.717) is 17.7 Å². The Bertz CT molecular complexity index is 1560. The van der Waals surface area contributed by atoms with Gasteiger partial charge in [0.1, 0.15) is 28.9 Å². The number of aliphatic hydroxyl groups is 1. The van der Waals surface area contributed by atoms with Gasteiger partial charge in [0.2, 0.25) is 6.10 Å². The second-order valence-corrected chi connectivity index (χ2v) is 11.1. The third-order valence-electron chi connectivity index (χ3n) is 7.72. The molecule has 0 bridgehead atoms. The lowest BCUT2D eigenvalue weighted by molar-refractivity contribution is -0.148. The van der Waals surface area contributed by atoms with Crippen LogP contribution >= 0.6 is 0 Å². The van der Waals surface area contributed by atoms with Crippen LogP contribution in [0.3, 0.4) is 0 Å². The number of rotatable bonds is 10. The van der Waals surface area contributed by atoms with Crippen molar-refractivity contribution in [2.45, 2.75) is 57.6 Å². The largest absolute Gasteiger partial charge is 0.497 e. The number of nitrogens with one attached hydrogen (secondary N) is 2. The van der Waals surface area contributed by atoms with Crippen molar-refractivity contribution in [3.05, 3.63) is 52.9 Å². The summed E-state index contributed by atoms with van der Waals surface area (Å²) in [6, 6.07) is 8.33. The Balaban J connectivity index is 1.49. The van der Waals surface area contributed by atoms with Gasteiger partial charge in [-0.05, 0) is 49.2 Å². The van der Waals surface area contributed by atoms with E-state index in [0.717, 1.165) is 17.9 Å². The number of amides is 2. The Kier molecular flexibility index (Phi) is 7.88. The van der Waals surface area contributed by atoms with E-state index in [1.807, 2.05) is 13.0 Å². The molecular weight excluding hydrogens is 562 g/mol. The molecule has 3 aliphatic rings. The summed E-state index contributed by atoms with van der Waals surface area (Å²) in [6.07, 6.45) is -3.89. The average molecular weight is 596 g/mol. The molecule has 0 aliphatic carbocycles. The summed E-state index contributed by atoms with van der Waals surface area (Å²) in [5.74, 6) is -3.19. The number of carbonyl (C=O) groups is 5. The van der Waals surface area contributed by atoms with Crippen LogP contribution in [-0.4, -0.2) is 96.3 Å². The van der Waals surface area contributed by atoms with Crippen LogP contribution in [0.15, 0.2) is 41.7 Å². The van der Waals surface area contributed by atoms with E-state index in [2.05, 4.69) is 10.6 Å². The van der Waals surface area contributed by atoms with Crippen LogP contribution < -0.4 is 15.4 Å². The molecule has 0 saturated carbocycles. The van der Waals surface area contributed by atoms with Crippen LogP contribution in [0.1, 0.15) is 36.7 Å². The number of methoxy groups -OCH3 is 1. The maximum atomic E-state index is 13.8. The zero-order valence-corrected chi connectivity index (χ0v) is 24.4. The molecule has 2 aromatic carbocycles. The zero-order valence-electron chi connectivity index (χ0n) is 24.4. The van der Waals surface area contributed by atoms with Gasteiger partial charge in [-0.15, -0.1) is 0 Å². The van der Waals surface area contributed by atoms with Gasteiger partial charge in [-0.1, -0.05) is 18.2 Å². The van der Waals surface area contributed by atoms with Crippen LogP contribution in [0.2, 0.25) is 0 Å². The van der Waals surface area contributed by atoms with Gasteiger partial charge in [-0.25, -0.2) is 4.79 Å². The maximum absolute atomic E-state index is 13.8. The Morgan fingerprint density at radius 1 is 1.16 bits per heavy atom. The number of piperidine rings is 1. The van der Waals surface area contributed by atoms with Crippen LogP contribution in [0.5, 0.6) is 5.75 Å². The highest BCUT2D eigenvalue weighted by molar-refractivity contribution is 6.07. The first kappa shape index (κ1) is 30.0. The first-order valence-corrected chi connectivity index (χ1v) is 13.7. The summed E-state index contributed by atoms with van der Waals surface area (Å²) in [5, 5.41) is 17.0. The summed E-state index contributed by atoms with van der Waals surface area (Å²) in [6.45, 7) is 6.03. The molecule has 5 rings (SSSR count). The SMILES string of the molecule is COc1cc(C(=O)O[C@H](C(=O)N/C(C(=O)NCC(C)=O)=C2\[C@@H](OC(C)=O)[C@H](O)[C@@H]3CN23)[C@@]2(C)CO2)c2cccc(C)c2c1. The molecule has 0 radical (unpaired) electrons. The first-order valence-electron chi connectivity index (χ1n) is 13.7. The molecule has 2 aromatic rings. The van der Waals surface area contributed by atoms with Gasteiger partial charge < -0.3 is 39.6 Å². The molecule has 228 valence electrons. The second kappa shape index (κ2) is 11.3. The highest BCUT2D eigenvalue weighted by atomic mass is 16.6. The molecular formula is C30H33N3O10. The van der Waals surface area contributed by atoms with E-state index in [9.17, 15) is 29.1 Å². The van der Waals surface area contributed by atoms with Gasteiger partial charge in [-0.3, -0.25) is 19.2 Å². The standard InChI is InChI=1S/C30H33N3O10/c1-14-7-6-8-18-19(14)9-17(40-5)10-20(18)29(39)43-26(30(4)13-41-30)28(38)32-22(27(37)31-11-15(2)34)23-25(42-16(3)35)24(36)21-12-33(21)23/h6-10,21,24-26,36H,11-13H2,1-5H3,(H,31,37)(H,32,38)/b23-22+/t21-,24+,25+,26+,30+,33?/m0/s1. The minimum atomic E-state index is -1.51. The smallest absolute Gasteiger partial charge is 0.339 e. The van der Waals surface area contributed by atoms with Crippen LogP contribution in [0.25, 0.3) is 10.8 Å². The summed E-state index contributed by atoms with van der Waals surface area (Å²) < 4.78 is 22.0. The number of benzene rings is 2. The number of carbonyl (C=O) groups excluding carboxylic acids is 5. The monoisotopic (exact) mass is 595 g/mol. The number of esters is 2. The average Bonchev–Trinajstić information content (AvgIpc) is 3.88. The van der Waals surface area contributed by atoms with Crippen molar-refractivity contribution in [3.63, 3.8) is 0 Å². The van der Waals surface area contributed by atoms with Crippen molar-refractivity contribution < 1.29 is 48.0 Å². The van der Waals surface area contributed by atoms with Gasteiger partial charge in [-0.2, -0.15) is 0 Å². The molecule has 3 saturated heterocycles. The van der Waals surface area contributed by atoms with Crippen molar-refractivity contribution in [1.29, 1.82) is 0 Å². The molecule has 0 spiro atoms. The molecule has 5 atom stereocenters. The second-order valence-electron chi connectivity index (χ2n) is 11.1. The van der Waals surface area contributed by atoms with E-state index in [-0.39, 0.29) is 35.9 Å². The molecule has 3 fully saturated rings. The van der Waals surface area contributed by atoms with Gasteiger partial charge in [0, 0.05) is 13.5 Å². The number of Topliss-reactive ketones (excluding diaryl/α,β-unsaturated/α-hetero) is 1. The van der Waals surface area contributed by atoms with Crippen LogP contribution in [-0.2, 0) is 33.4 Å². The quantitative estimate of drug-likeness (QED) is 0.198. The fourth-order valence-corrected chi connectivity index (χ4v) is 5.25. The van der Waals surface area contributed by atoms with E-state index < -0.39 is 53.7 Å². The first-order chi connectivity index (χ1) is 20.3. The lowest BCUT2D eigenvalue weighted by atomic mass is 9.99. The zero-order chi connectivity index (χ0) is 31.2. The number of epoxide rings is 1. The molecule has 13 heteroatoms. The van der Waals surface area contributed by atoms with Crippen molar-refractivity contribution in [1.82, 2.24) is 15.5 Å². The number of nitrogens with zero attached hydrogens (tertiary/aromatic N) is 1. The number of ether oxygens (including phenoxy) is 4. The van der Waals surface area contributed by atoms with E-state index >= 15 is 0 Å². The summed E-state index contributed by atoms with van der Waals surface area (Å²) in [4.78, 5) is 65.8. The number of aryl methyl sites for hydroxylation is 1. The fraction of sp³-hybridized carbons (Fsp3) is 0.433. The Morgan fingerprint density at radius 2 is 1.88 bits per heavy atom. The van der Waals surface area contributed by atoms with Gasteiger partial charge in [0.15, 0.2) is 6.10 Å². The number of hydrogen-bond donors (Lipinski definition) is 3. The van der Waals surface area contributed by atoms with Crippen LogP contribution in [0, 0.1) is 6.92 Å². The minimum Gasteiger partial charge on any atom is -0.497 e. The van der Waals surface area contributed by atoms with E-state index in [1.165, 1.54) is 20.1 Å². The number of aliphatic hydroxyl groups excluding tert-OH is 1. The summed E-state index contributed by atoms with van der Waals surface area (Å²) in [7, 11) is 1.47. The molecule has 2 amide bonds. The Hall–Kier alpha value is -4.49. The molecule has 43 heavy (non-hydrogen) atoms. The number of ketones is 1. The minimum absolute atomic E-state index is 0.0725. The molecule has 3 aliphatic heterocycles. The molecule has 13 nitrogen and oxygen atoms in total. The van der Waals surface area contributed by atoms with Crippen LogP contribution in [0.4, 0.5) is 0 Å². The topological polar surface area (TPSA) is 173 Å². The predicted octanol–water partition coefficient (Wildman–Crippen LogP) is 0.495. The third-order valence-corrected chi connectivity index (χ3v) is 7.72. The molecule has 3 heterocycles. The van der Waals surface area contributed by atoms with Gasteiger partial charge >= 0.3 is 11.9 Å². The number of fused-ring (bicyclic) bond motifs is 2. The number of hydrogen-bond acceptors (Lipinski definition) is 11. The van der Waals surface area contributed by atoms with E-state index in [1.54, 1.807) is 30.0 Å². The predicted molar refractivity (Wildman–Crippen MR) is 150 cm³/mol.